The Hall–Kier alpha value is -0.980. The average Bonchev–Trinajstić information content (AvgIpc) is 2.33. The lowest BCUT2D eigenvalue weighted by atomic mass is 10.1. The highest BCUT2D eigenvalue weighted by molar-refractivity contribution is 5.74. The van der Waals surface area contributed by atoms with E-state index in [4.69, 9.17) is 4.74 Å². The van der Waals surface area contributed by atoms with E-state index in [0.29, 0.717) is 19.7 Å². The van der Waals surface area contributed by atoms with E-state index in [9.17, 15) is 18.0 Å². The predicted molar refractivity (Wildman–Crippen MR) is 60.3 cm³/mol. The van der Waals surface area contributed by atoms with Crippen molar-refractivity contribution in [1.82, 2.24) is 10.2 Å². The van der Waals surface area contributed by atoms with Crippen LogP contribution in [0.1, 0.15) is 26.2 Å². The molecule has 0 aromatic carbocycles. The zero-order chi connectivity index (χ0) is 13.6. The number of urea groups is 1. The molecule has 18 heavy (non-hydrogen) atoms. The largest absolute Gasteiger partial charge is 0.405 e. The van der Waals surface area contributed by atoms with Gasteiger partial charge in [0.2, 0.25) is 0 Å². The van der Waals surface area contributed by atoms with Crippen molar-refractivity contribution in [3.05, 3.63) is 0 Å². The molecule has 0 aliphatic carbocycles. The number of amides is 2. The van der Waals surface area contributed by atoms with E-state index < -0.39 is 18.8 Å². The van der Waals surface area contributed by atoms with Gasteiger partial charge in [-0.2, -0.15) is 13.2 Å². The monoisotopic (exact) mass is 268 g/mol. The summed E-state index contributed by atoms with van der Waals surface area (Å²) in [6.07, 6.45) is -1.94. The van der Waals surface area contributed by atoms with Crippen molar-refractivity contribution in [2.75, 3.05) is 26.2 Å². The van der Waals surface area contributed by atoms with Gasteiger partial charge in [0.05, 0.1) is 6.10 Å². The molecular weight excluding hydrogens is 249 g/mol. The molecule has 0 bridgehead atoms. The van der Waals surface area contributed by atoms with Gasteiger partial charge < -0.3 is 15.0 Å². The van der Waals surface area contributed by atoms with Crippen LogP contribution in [-0.2, 0) is 4.74 Å². The normalized spacial score (nSPS) is 20.9. The number of likely N-dealkylation sites (tertiary alicyclic amines) is 1. The molecule has 1 rings (SSSR count). The molecule has 2 amide bonds. The highest BCUT2D eigenvalue weighted by Crippen LogP contribution is 2.15. The van der Waals surface area contributed by atoms with E-state index in [-0.39, 0.29) is 6.10 Å². The quantitative estimate of drug-likeness (QED) is 0.848. The molecule has 0 aromatic rings. The minimum Gasteiger partial charge on any atom is -0.376 e. The van der Waals surface area contributed by atoms with Crippen LogP contribution in [0, 0.1) is 0 Å². The van der Waals surface area contributed by atoms with Gasteiger partial charge in [0.1, 0.15) is 6.54 Å². The Morgan fingerprint density at radius 1 is 1.50 bits per heavy atom. The lowest BCUT2D eigenvalue weighted by Crippen LogP contribution is -2.49. The topological polar surface area (TPSA) is 41.6 Å². The summed E-state index contributed by atoms with van der Waals surface area (Å²) in [5.74, 6) is 0. The number of halogens is 3. The molecule has 1 saturated heterocycles. The van der Waals surface area contributed by atoms with E-state index >= 15 is 0 Å². The molecule has 1 fully saturated rings. The number of hydrogen-bond acceptors (Lipinski definition) is 2. The van der Waals surface area contributed by atoms with Gasteiger partial charge in [-0.3, -0.25) is 0 Å². The highest BCUT2D eigenvalue weighted by Gasteiger charge is 2.30. The zero-order valence-electron chi connectivity index (χ0n) is 10.4. The summed E-state index contributed by atoms with van der Waals surface area (Å²) in [6, 6.07) is -0.669. The van der Waals surface area contributed by atoms with Gasteiger partial charge in [-0.05, 0) is 19.3 Å². The zero-order valence-corrected chi connectivity index (χ0v) is 10.4. The molecule has 1 aliphatic rings. The molecule has 4 nitrogen and oxygen atoms in total. The molecule has 0 radical (unpaired) electrons. The van der Waals surface area contributed by atoms with Crippen molar-refractivity contribution in [2.45, 2.75) is 38.5 Å². The first-order valence-corrected chi connectivity index (χ1v) is 6.13. The summed E-state index contributed by atoms with van der Waals surface area (Å²) in [5, 5.41) is 1.88. The summed E-state index contributed by atoms with van der Waals surface area (Å²) in [5.41, 5.74) is 0. The van der Waals surface area contributed by atoms with Crippen LogP contribution in [0.25, 0.3) is 0 Å². The number of carbonyl (C=O) groups is 1. The fourth-order valence-electron chi connectivity index (χ4n) is 1.83. The maximum Gasteiger partial charge on any atom is 0.405 e. The van der Waals surface area contributed by atoms with Gasteiger partial charge in [0, 0.05) is 19.7 Å². The Morgan fingerprint density at radius 2 is 2.22 bits per heavy atom. The fourth-order valence-corrected chi connectivity index (χ4v) is 1.83. The van der Waals surface area contributed by atoms with Crippen LogP contribution < -0.4 is 5.32 Å². The van der Waals surface area contributed by atoms with Crippen molar-refractivity contribution in [3.8, 4) is 0 Å². The van der Waals surface area contributed by atoms with Crippen molar-refractivity contribution in [2.24, 2.45) is 0 Å². The van der Waals surface area contributed by atoms with E-state index in [0.717, 1.165) is 19.3 Å². The first-order chi connectivity index (χ1) is 8.42. The molecule has 0 saturated carbocycles. The number of alkyl halides is 3. The Balaban J connectivity index is 2.34. The van der Waals surface area contributed by atoms with Crippen LogP contribution in [0.3, 0.4) is 0 Å². The second-order valence-electron chi connectivity index (χ2n) is 4.35. The number of nitrogens with one attached hydrogen (secondary N) is 1. The molecule has 106 valence electrons. The number of carbonyl (C=O) groups excluding carboxylic acids is 1. The number of piperidine rings is 1. The Morgan fingerprint density at radius 3 is 2.83 bits per heavy atom. The van der Waals surface area contributed by atoms with Crippen molar-refractivity contribution >= 4 is 6.03 Å². The lowest BCUT2D eigenvalue weighted by molar-refractivity contribution is -0.123. The Kier molecular flexibility index (Phi) is 5.71. The summed E-state index contributed by atoms with van der Waals surface area (Å²) < 4.78 is 41.4. The Bertz CT molecular complexity index is 272. The third-order valence-corrected chi connectivity index (χ3v) is 2.66. The van der Waals surface area contributed by atoms with E-state index in [1.165, 1.54) is 4.90 Å². The van der Waals surface area contributed by atoms with Gasteiger partial charge in [0.25, 0.3) is 0 Å². The van der Waals surface area contributed by atoms with Crippen LogP contribution in [0.4, 0.5) is 18.0 Å². The number of ether oxygens (including phenoxy) is 1. The van der Waals surface area contributed by atoms with Gasteiger partial charge in [-0.15, -0.1) is 0 Å². The van der Waals surface area contributed by atoms with E-state index in [1.807, 2.05) is 12.2 Å². The van der Waals surface area contributed by atoms with Crippen LogP contribution in [0.15, 0.2) is 0 Å². The first kappa shape index (κ1) is 15.1. The number of hydrogen-bond donors (Lipinski definition) is 1. The molecule has 1 aliphatic heterocycles. The molecule has 0 aromatic heterocycles. The Labute approximate surface area is 104 Å². The van der Waals surface area contributed by atoms with Gasteiger partial charge in [-0.25, -0.2) is 4.79 Å². The van der Waals surface area contributed by atoms with E-state index in [1.54, 1.807) is 0 Å². The molecule has 7 heteroatoms. The third-order valence-electron chi connectivity index (χ3n) is 2.66. The minimum absolute atomic E-state index is 0.0599. The van der Waals surface area contributed by atoms with Crippen LogP contribution >= 0.6 is 0 Å². The van der Waals surface area contributed by atoms with Gasteiger partial charge in [-0.1, -0.05) is 6.92 Å². The SMILES string of the molecule is CCCOC1CCCN(C(=O)NCC(F)(F)F)C1. The second kappa shape index (κ2) is 6.82. The molecule has 1 heterocycles. The average molecular weight is 268 g/mol. The second-order valence-corrected chi connectivity index (χ2v) is 4.35. The smallest absolute Gasteiger partial charge is 0.376 e. The van der Waals surface area contributed by atoms with Crippen LogP contribution in [0.2, 0.25) is 0 Å². The number of rotatable bonds is 4. The summed E-state index contributed by atoms with van der Waals surface area (Å²) >= 11 is 0. The van der Waals surface area contributed by atoms with Crippen molar-refractivity contribution < 1.29 is 22.7 Å². The lowest BCUT2D eigenvalue weighted by Gasteiger charge is -2.32. The maximum atomic E-state index is 12.0. The third kappa shape index (κ3) is 5.57. The molecule has 1 atom stereocenters. The standard InChI is InChI=1S/C11H19F3N2O2/c1-2-6-18-9-4-3-5-16(7-9)10(17)15-8-11(12,13)14/h9H,2-8H2,1H3,(H,15,17). The highest BCUT2D eigenvalue weighted by atomic mass is 19.4. The molecule has 1 N–H and O–H groups in total. The fraction of sp³-hybridized carbons (Fsp3) is 0.909. The summed E-state index contributed by atoms with van der Waals surface area (Å²) in [6.45, 7) is 2.15. The molecule has 0 spiro atoms. The van der Waals surface area contributed by atoms with E-state index in [2.05, 4.69) is 0 Å². The van der Waals surface area contributed by atoms with Crippen molar-refractivity contribution in [1.29, 1.82) is 0 Å². The summed E-state index contributed by atoms with van der Waals surface area (Å²) in [4.78, 5) is 12.9. The van der Waals surface area contributed by atoms with Crippen LogP contribution in [0.5, 0.6) is 0 Å². The van der Waals surface area contributed by atoms with Crippen LogP contribution in [-0.4, -0.2) is 49.5 Å². The van der Waals surface area contributed by atoms with Crippen molar-refractivity contribution in [3.63, 3.8) is 0 Å². The molecular formula is C11H19F3N2O2. The van der Waals surface area contributed by atoms with Gasteiger partial charge in [0.15, 0.2) is 0 Å². The summed E-state index contributed by atoms with van der Waals surface area (Å²) in [7, 11) is 0. The first-order valence-electron chi connectivity index (χ1n) is 6.13. The van der Waals surface area contributed by atoms with Gasteiger partial charge >= 0.3 is 12.2 Å². The molecule has 1 unspecified atom stereocenters. The maximum absolute atomic E-state index is 12.0. The minimum atomic E-state index is -4.37. The number of nitrogens with zero attached hydrogens (tertiary/aromatic N) is 1. The predicted octanol–water partition coefficient (Wildman–Crippen LogP) is 2.15.